The number of hydrogen-bond acceptors (Lipinski definition) is 4. The summed E-state index contributed by atoms with van der Waals surface area (Å²) in [4.78, 5) is 3.99. The topological polar surface area (TPSA) is 37.4 Å². The van der Waals surface area contributed by atoms with Gasteiger partial charge in [-0.2, -0.15) is 0 Å². The van der Waals surface area contributed by atoms with E-state index in [4.69, 9.17) is 11.6 Å². The van der Waals surface area contributed by atoms with Crippen molar-refractivity contribution in [1.82, 2.24) is 4.90 Å². The van der Waals surface area contributed by atoms with Gasteiger partial charge in [0.15, 0.2) is 0 Å². The van der Waals surface area contributed by atoms with Crippen LogP contribution in [0.3, 0.4) is 0 Å². The number of rotatable bonds is 6. The zero-order valence-corrected chi connectivity index (χ0v) is 14.9. The molecule has 0 amide bonds. The highest BCUT2D eigenvalue weighted by Crippen LogP contribution is 2.45. The molecule has 0 spiro atoms. The van der Waals surface area contributed by atoms with Crippen LogP contribution in [0.1, 0.15) is 26.3 Å². The standard InChI is InChI=1S/C15H20ClNO2S2/c1-4-17(5-2)8-9-20-15-11(3)21(18,19)14-10-12(16)6-7-13(14)15/h6-7,10H,4-5,8-9H2,1-3H3. The first kappa shape index (κ1) is 16.9. The number of sulfone groups is 1. The van der Waals surface area contributed by atoms with Crippen molar-refractivity contribution in [3.8, 4) is 0 Å². The van der Waals surface area contributed by atoms with Gasteiger partial charge < -0.3 is 4.90 Å². The molecule has 2 rings (SSSR count). The molecule has 0 radical (unpaired) electrons. The molecule has 0 aromatic heterocycles. The minimum Gasteiger partial charge on any atom is -0.303 e. The van der Waals surface area contributed by atoms with E-state index < -0.39 is 9.84 Å². The zero-order chi connectivity index (χ0) is 15.6. The predicted octanol–water partition coefficient (Wildman–Crippen LogP) is 3.89. The highest BCUT2D eigenvalue weighted by atomic mass is 35.5. The monoisotopic (exact) mass is 345 g/mol. The Morgan fingerprint density at radius 2 is 1.90 bits per heavy atom. The van der Waals surface area contributed by atoms with Crippen molar-refractivity contribution in [1.29, 1.82) is 0 Å². The number of fused-ring (bicyclic) bond motifs is 1. The lowest BCUT2D eigenvalue weighted by Gasteiger charge is -2.17. The van der Waals surface area contributed by atoms with Crippen LogP contribution in [-0.4, -0.2) is 38.7 Å². The van der Waals surface area contributed by atoms with Crippen molar-refractivity contribution in [2.45, 2.75) is 25.7 Å². The Kier molecular flexibility index (Phi) is 5.41. The second-order valence-electron chi connectivity index (χ2n) is 4.90. The van der Waals surface area contributed by atoms with Gasteiger partial charge in [-0.15, -0.1) is 11.8 Å². The maximum Gasteiger partial charge on any atom is 0.204 e. The van der Waals surface area contributed by atoms with E-state index in [0.29, 0.717) is 14.8 Å². The summed E-state index contributed by atoms with van der Waals surface area (Å²) in [5.41, 5.74) is 0.793. The molecule has 1 aliphatic rings. The first-order chi connectivity index (χ1) is 9.91. The molecule has 21 heavy (non-hydrogen) atoms. The van der Waals surface area contributed by atoms with E-state index >= 15 is 0 Å². The van der Waals surface area contributed by atoms with Gasteiger partial charge in [-0.25, -0.2) is 8.42 Å². The van der Waals surface area contributed by atoms with Gasteiger partial charge in [0.05, 0.1) is 9.80 Å². The van der Waals surface area contributed by atoms with Gasteiger partial charge in [-0.05, 0) is 32.1 Å². The minimum absolute atomic E-state index is 0.345. The summed E-state index contributed by atoms with van der Waals surface area (Å²) in [6, 6.07) is 5.11. The average molecular weight is 346 g/mol. The van der Waals surface area contributed by atoms with E-state index in [1.807, 2.05) is 6.07 Å². The molecule has 0 fully saturated rings. The fraction of sp³-hybridized carbons (Fsp3) is 0.467. The normalized spacial score (nSPS) is 16.6. The summed E-state index contributed by atoms with van der Waals surface area (Å²) in [6.07, 6.45) is 0. The largest absolute Gasteiger partial charge is 0.303 e. The molecule has 1 aromatic carbocycles. The van der Waals surface area contributed by atoms with Gasteiger partial charge in [-0.3, -0.25) is 0 Å². The lowest BCUT2D eigenvalue weighted by Crippen LogP contribution is -2.25. The number of nitrogens with zero attached hydrogens (tertiary/aromatic N) is 1. The van der Waals surface area contributed by atoms with E-state index in [0.717, 1.165) is 35.9 Å². The molecule has 6 heteroatoms. The second-order valence-corrected chi connectivity index (χ2v) is 8.51. The summed E-state index contributed by atoms with van der Waals surface area (Å²) >= 11 is 7.55. The van der Waals surface area contributed by atoms with Crippen LogP contribution in [0.25, 0.3) is 4.91 Å². The van der Waals surface area contributed by atoms with Crippen molar-refractivity contribution in [2.75, 3.05) is 25.4 Å². The maximum atomic E-state index is 12.4. The van der Waals surface area contributed by atoms with Crippen molar-refractivity contribution in [2.24, 2.45) is 0 Å². The minimum atomic E-state index is -3.36. The third-order valence-corrected chi connectivity index (χ3v) is 7.24. The molecule has 0 saturated heterocycles. The van der Waals surface area contributed by atoms with Crippen LogP contribution in [0.15, 0.2) is 28.0 Å². The summed E-state index contributed by atoms with van der Waals surface area (Å²) in [5, 5.41) is 0.458. The van der Waals surface area contributed by atoms with Crippen LogP contribution in [0.4, 0.5) is 0 Å². The smallest absolute Gasteiger partial charge is 0.204 e. The first-order valence-electron chi connectivity index (χ1n) is 7.02. The quantitative estimate of drug-likeness (QED) is 0.783. The van der Waals surface area contributed by atoms with Gasteiger partial charge >= 0.3 is 0 Å². The third-order valence-electron chi connectivity index (χ3n) is 3.75. The van der Waals surface area contributed by atoms with Crippen molar-refractivity contribution >= 4 is 38.1 Å². The van der Waals surface area contributed by atoms with Crippen LogP contribution >= 0.6 is 23.4 Å². The highest BCUT2D eigenvalue weighted by Gasteiger charge is 2.33. The lowest BCUT2D eigenvalue weighted by atomic mass is 10.2. The van der Waals surface area contributed by atoms with E-state index in [1.54, 1.807) is 30.8 Å². The Morgan fingerprint density at radius 1 is 1.24 bits per heavy atom. The van der Waals surface area contributed by atoms with E-state index in [-0.39, 0.29) is 0 Å². The number of allylic oxidation sites excluding steroid dienone is 1. The molecule has 1 aromatic rings. The SMILES string of the molecule is CCN(CC)CCSC1=C(C)S(=O)(=O)c2cc(Cl)ccc21. The Labute approximate surface area is 136 Å². The molecule has 0 atom stereocenters. The molecule has 116 valence electrons. The Balaban J connectivity index is 2.23. The highest BCUT2D eigenvalue weighted by molar-refractivity contribution is 8.10. The fourth-order valence-corrected chi connectivity index (χ4v) is 5.70. The molecule has 1 heterocycles. The van der Waals surface area contributed by atoms with Crippen molar-refractivity contribution in [3.05, 3.63) is 33.7 Å². The predicted molar refractivity (Wildman–Crippen MR) is 91.5 cm³/mol. The molecule has 0 bridgehead atoms. The summed E-state index contributed by atoms with van der Waals surface area (Å²) < 4.78 is 24.8. The van der Waals surface area contributed by atoms with Crippen LogP contribution in [0.2, 0.25) is 5.02 Å². The molecular weight excluding hydrogens is 326 g/mol. The van der Waals surface area contributed by atoms with E-state index in [1.165, 1.54) is 0 Å². The third kappa shape index (κ3) is 3.31. The molecule has 0 saturated carbocycles. The van der Waals surface area contributed by atoms with Gasteiger partial charge in [0.25, 0.3) is 0 Å². The summed E-state index contributed by atoms with van der Waals surface area (Å²) in [7, 11) is -3.36. The van der Waals surface area contributed by atoms with Crippen LogP contribution in [0, 0.1) is 0 Å². The van der Waals surface area contributed by atoms with Crippen molar-refractivity contribution < 1.29 is 8.42 Å². The zero-order valence-electron chi connectivity index (χ0n) is 12.5. The van der Waals surface area contributed by atoms with Gasteiger partial charge in [0.2, 0.25) is 9.84 Å². The van der Waals surface area contributed by atoms with Crippen molar-refractivity contribution in [3.63, 3.8) is 0 Å². The van der Waals surface area contributed by atoms with Crippen LogP contribution in [-0.2, 0) is 9.84 Å². The summed E-state index contributed by atoms with van der Waals surface area (Å²) in [6.45, 7) is 8.94. The number of halogens is 1. The Morgan fingerprint density at radius 3 is 2.52 bits per heavy atom. The Bertz CT molecular complexity index is 664. The van der Waals surface area contributed by atoms with Gasteiger partial charge in [0, 0.05) is 27.8 Å². The lowest BCUT2D eigenvalue weighted by molar-refractivity contribution is 0.324. The van der Waals surface area contributed by atoms with Crippen LogP contribution in [0.5, 0.6) is 0 Å². The number of hydrogen-bond donors (Lipinski definition) is 0. The first-order valence-corrected chi connectivity index (χ1v) is 9.87. The van der Waals surface area contributed by atoms with Crippen LogP contribution < -0.4 is 0 Å². The maximum absolute atomic E-state index is 12.4. The second kappa shape index (κ2) is 6.73. The Hall–Kier alpha value is -0.490. The van der Waals surface area contributed by atoms with Gasteiger partial charge in [0.1, 0.15) is 0 Å². The number of benzene rings is 1. The molecule has 0 N–H and O–H groups in total. The fourth-order valence-electron chi connectivity index (χ4n) is 2.38. The van der Waals surface area contributed by atoms with E-state index in [9.17, 15) is 8.42 Å². The molecule has 1 aliphatic heterocycles. The van der Waals surface area contributed by atoms with E-state index in [2.05, 4.69) is 18.7 Å². The van der Waals surface area contributed by atoms with Gasteiger partial charge in [-0.1, -0.05) is 31.5 Å². The molecule has 0 aliphatic carbocycles. The molecule has 3 nitrogen and oxygen atoms in total. The molecular formula is C15H20ClNO2S2. The summed E-state index contributed by atoms with van der Waals surface area (Å²) in [5.74, 6) is 0.881. The number of thioether (sulfide) groups is 1. The molecule has 0 unspecified atom stereocenters. The average Bonchev–Trinajstić information content (AvgIpc) is 2.64.